The molecule has 0 bridgehead atoms. The standard InChI is InChI=1S/C11H14BrFO3S/c1-3-17(15,16)11(2,12)10(14)8-6-4-5-7-9(8)13/h4-7,10,14H,3H2,1-2H3/t10-,11-/m0/s1. The number of sulfone groups is 1. The van der Waals surface area contributed by atoms with E-state index in [1.165, 1.54) is 32.0 Å². The van der Waals surface area contributed by atoms with Crippen LogP contribution in [-0.2, 0) is 9.84 Å². The van der Waals surface area contributed by atoms with Crippen molar-refractivity contribution < 1.29 is 17.9 Å². The van der Waals surface area contributed by atoms with Crippen LogP contribution >= 0.6 is 15.9 Å². The lowest BCUT2D eigenvalue weighted by atomic mass is 10.1. The van der Waals surface area contributed by atoms with E-state index >= 15 is 0 Å². The topological polar surface area (TPSA) is 54.4 Å². The van der Waals surface area contributed by atoms with Gasteiger partial charge in [-0.3, -0.25) is 0 Å². The smallest absolute Gasteiger partial charge is 0.168 e. The molecule has 0 spiro atoms. The molecule has 1 rings (SSSR count). The molecule has 0 unspecified atom stereocenters. The highest BCUT2D eigenvalue weighted by atomic mass is 79.9. The highest BCUT2D eigenvalue weighted by Gasteiger charge is 2.43. The van der Waals surface area contributed by atoms with E-state index in [1.54, 1.807) is 6.07 Å². The van der Waals surface area contributed by atoms with E-state index in [1.807, 2.05) is 0 Å². The van der Waals surface area contributed by atoms with Gasteiger partial charge in [0.2, 0.25) is 0 Å². The van der Waals surface area contributed by atoms with E-state index in [-0.39, 0.29) is 11.3 Å². The minimum absolute atomic E-state index is 0.0381. The van der Waals surface area contributed by atoms with E-state index in [4.69, 9.17) is 0 Å². The van der Waals surface area contributed by atoms with Crippen LogP contribution in [0, 0.1) is 5.82 Å². The monoisotopic (exact) mass is 324 g/mol. The van der Waals surface area contributed by atoms with Gasteiger partial charge in [0.25, 0.3) is 0 Å². The number of hydrogen-bond acceptors (Lipinski definition) is 3. The third-order valence-electron chi connectivity index (χ3n) is 2.68. The van der Waals surface area contributed by atoms with Crippen LogP contribution in [0.5, 0.6) is 0 Å². The predicted molar refractivity (Wildman–Crippen MR) is 68.2 cm³/mol. The van der Waals surface area contributed by atoms with Gasteiger partial charge in [-0.2, -0.15) is 0 Å². The zero-order chi connectivity index (χ0) is 13.3. The third kappa shape index (κ3) is 2.69. The molecule has 1 aromatic rings. The lowest BCUT2D eigenvalue weighted by molar-refractivity contribution is 0.163. The number of rotatable bonds is 4. The molecule has 17 heavy (non-hydrogen) atoms. The van der Waals surface area contributed by atoms with E-state index < -0.39 is 25.4 Å². The van der Waals surface area contributed by atoms with Gasteiger partial charge in [0, 0.05) is 11.3 Å². The van der Waals surface area contributed by atoms with Crippen LogP contribution in [-0.4, -0.2) is 22.9 Å². The van der Waals surface area contributed by atoms with Crippen LogP contribution in [0.4, 0.5) is 4.39 Å². The summed E-state index contributed by atoms with van der Waals surface area (Å²) in [4.78, 5) is 0. The molecule has 0 amide bonds. The second-order valence-electron chi connectivity index (χ2n) is 3.81. The normalized spacial score (nSPS) is 17.5. The Hall–Kier alpha value is -0.460. The minimum atomic E-state index is -3.56. The first-order valence-electron chi connectivity index (χ1n) is 5.07. The van der Waals surface area contributed by atoms with Gasteiger partial charge >= 0.3 is 0 Å². The second-order valence-corrected chi connectivity index (χ2v) is 8.64. The van der Waals surface area contributed by atoms with Gasteiger partial charge < -0.3 is 5.11 Å². The lowest BCUT2D eigenvalue weighted by Gasteiger charge is -2.28. The summed E-state index contributed by atoms with van der Waals surface area (Å²) in [6, 6.07) is 5.57. The highest BCUT2D eigenvalue weighted by Crippen LogP contribution is 2.39. The maximum atomic E-state index is 13.5. The molecule has 0 aliphatic heterocycles. The van der Waals surface area contributed by atoms with Gasteiger partial charge in [-0.25, -0.2) is 12.8 Å². The number of aliphatic hydroxyl groups is 1. The Bertz CT molecular complexity index is 499. The molecule has 0 aliphatic carbocycles. The molecule has 0 fully saturated rings. The van der Waals surface area contributed by atoms with Crippen molar-refractivity contribution in [2.24, 2.45) is 0 Å². The van der Waals surface area contributed by atoms with Gasteiger partial charge in [0.1, 0.15) is 11.9 Å². The molecule has 0 saturated heterocycles. The van der Waals surface area contributed by atoms with E-state index in [9.17, 15) is 17.9 Å². The summed E-state index contributed by atoms with van der Waals surface area (Å²) >= 11 is 3.00. The first-order valence-corrected chi connectivity index (χ1v) is 7.52. The summed E-state index contributed by atoms with van der Waals surface area (Å²) in [6.07, 6.45) is -1.46. The fraction of sp³-hybridized carbons (Fsp3) is 0.455. The molecule has 1 aromatic carbocycles. The highest BCUT2D eigenvalue weighted by molar-refractivity contribution is 9.11. The molecular weight excluding hydrogens is 311 g/mol. The molecule has 0 aliphatic rings. The Morgan fingerprint density at radius 2 is 2.00 bits per heavy atom. The molecule has 0 heterocycles. The van der Waals surface area contributed by atoms with Gasteiger partial charge in [0.05, 0.1) is 0 Å². The van der Waals surface area contributed by atoms with Crippen molar-refractivity contribution in [2.45, 2.75) is 23.6 Å². The first-order chi connectivity index (χ1) is 7.74. The summed E-state index contributed by atoms with van der Waals surface area (Å²) in [5, 5.41) is 10.0. The molecular formula is C11H14BrFO3S. The SMILES string of the molecule is CCS(=O)(=O)[C@](C)(Br)[C@@H](O)c1ccccc1F. The lowest BCUT2D eigenvalue weighted by Crippen LogP contribution is -2.37. The molecule has 0 saturated carbocycles. The van der Waals surface area contributed by atoms with Crippen LogP contribution in [0.15, 0.2) is 24.3 Å². The number of hydrogen-bond donors (Lipinski definition) is 1. The van der Waals surface area contributed by atoms with Gasteiger partial charge in [0.15, 0.2) is 13.5 Å². The zero-order valence-corrected chi connectivity index (χ0v) is 11.9. The fourth-order valence-corrected chi connectivity index (χ4v) is 3.39. The van der Waals surface area contributed by atoms with Crippen LogP contribution in [0.2, 0.25) is 0 Å². The van der Waals surface area contributed by atoms with E-state index in [0.717, 1.165) is 0 Å². The van der Waals surface area contributed by atoms with Crippen molar-refractivity contribution in [3.8, 4) is 0 Å². The second kappa shape index (κ2) is 5.04. The summed E-state index contributed by atoms with van der Waals surface area (Å²) in [7, 11) is -3.56. The van der Waals surface area contributed by atoms with E-state index in [2.05, 4.69) is 15.9 Å². The Morgan fingerprint density at radius 1 is 1.47 bits per heavy atom. The Kier molecular flexibility index (Phi) is 4.33. The average Bonchev–Trinajstić information content (AvgIpc) is 2.28. The maximum Gasteiger partial charge on any atom is 0.168 e. The van der Waals surface area contributed by atoms with Crippen LogP contribution in [0.25, 0.3) is 0 Å². The molecule has 96 valence electrons. The minimum Gasteiger partial charge on any atom is -0.386 e. The maximum absolute atomic E-state index is 13.5. The van der Waals surface area contributed by atoms with Crippen molar-refractivity contribution in [3.63, 3.8) is 0 Å². The quantitative estimate of drug-likeness (QED) is 0.865. The number of benzene rings is 1. The molecule has 0 aromatic heterocycles. The van der Waals surface area contributed by atoms with Crippen molar-refractivity contribution in [1.29, 1.82) is 0 Å². The molecule has 0 radical (unpaired) electrons. The van der Waals surface area contributed by atoms with E-state index in [0.29, 0.717) is 0 Å². The van der Waals surface area contributed by atoms with Crippen molar-refractivity contribution in [1.82, 2.24) is 0 Å². The molecule has 1 N–H and O–H groups in total. The summed E-state index contributed by atoms with van der Waals surface area (Å²) < 4.78 is 35.5. The van der Waals surface area contributed by atoms with Crippen LogP contribution in [0.3, 0.4) is 0 Å². The largest absolute Gasteiger partial charge is 0.386 e. The summed E-state index contributed by atoms with van der Waals surface area (Å²) in [5.41, 5.74) is -0.0381. The van der Waals surface area contributed by atoms with Crippen molar-refractivity contribution in [2.75, 3.05) is 5.75 Å². The fourth-order valence-electron chi connectivity index (χ4n) is 1.43. The third-order valence-corrected chi connectivity index (χ3v) is 6.79. The summed E-state index contributed by atoms with van der Waals surface area (Å²) in [6.45, 7) is 2.80. The van der Waals surface area contributed by atoms with Crippen molar-refractivity contribution in [3.05, 3.63) is 35.6 Å². The van der Waals surface area contributed by atoms with Gasteiger partial charge in [-0.05, 0) is 13.0 Å². The van der Waals surface area contributed by atoms with Crippen LogP contribution in [0.1, 0.15) is 25.5 Å². The van der Waals surface area contributed by atoms with Gasteiger partial charge in [-0.1, -0.05) is 41.1 Å². The Balaban J connectivity index is 3.23. The number of alkyl halides is 1. The zero-order valence-electron chi connectivity index (χ0n) is 9.52. The average molecular weight is 325 g/mol. The molecule has 6 heteroatoms. The predicted octanol–water partition coefficient (Wildman–Crippen LogP) is 2.40. The Labute approximate surface area is 109 Å². The van der Waals surface area contributed by atoms with Crippen molar-refractivity contribution >= 4 is 25.8 Å². The summed E-state index contributed by atoms with van der Waals surface area (Å²) in [5.74, 6) is -0.766. The molecule has 3 nitrogen and oxygen atoms in total. The number of aliphatic hydroxyl groups excluding tert-OH is 1. The van der Waals surface area contributed by atoms with Gasteiger partial charge in [-0.15, -0.1) is 0 Å². The van der Waals surface area contributed by atoms with Crippen LogP contribution < -0.4 is 0 Å². The molecule has 2 atom stereocenters. The number of halogens is 2. The first kappa shape index (κ1) is 14.6. The Morgan fingerprint density at radius 3 is 2.47 bits per heavy atom.